The zero-order valence-corrected chi connectivity index (χ0v) is 51.9. The van der Waals surface area contributed by atoms with Crippen molar-refractivity contribution in [2.75, 3.05) is 80.5 Å². The number of carbonyl (C=O) groups excluding carboxylic acids is 2. The number of hydrogen-bond donors (Lipinski definition) is 2. The molecule has 4 aliphatic heterocycles. The van der Waals surface area contributed by atoms with Crippen molar-refractivity contribution in [1.29, 1.82) is 0 Å². The zero-order valence-electron chi connectivity index (χ0n) is 50.9. The number of hydrogen-bond acceptors (Lipinski definition) is 8. The summed E-state index contributed by atoms with van der Waals surface area (Å²) in [6, 6.07) is 39.6. The van der Waals surface area contributed by atoms with Crippen molar-refractivity contribution in [2.24, 2.45) is 7.05 Å². The number of nitrogens with one attached hydrogen (secondary N) is 1. The molecule has 6 heterocycles. The number of benzene rings is 6. The van der Waals surface area contributed by atoms with Crippen LogP contribution in [0.4, 0.5) is 31.5 Å². The molecule has 2 amide bonds. The molecule has 13 nitrogen and oxygen atoms in total. The first-order chi connectivity index (χ1) is 42.0. The third-order valence-corrected chi connectivity index (χ3v) is 22.4. The van der Waals surface area contributed by atoms with Gasteiger partial charge in [-0.15, -0.1) is 5.10 Å². The van der Waals surface area contributed by atoms with Gasteiger partial charge in [-0.1, -0.05) is 79.3 Å². The van der Waals surface area contributed by atoms with Gasteiger partial charge >= 0.3 is 0 Å². The van der Waals surface area contributed by atoms with Crippen molar-refractivity contribution in [3.05, 3.63) is 184 Å². The van der Waals surface area contributed by atoms with Crippen LogP contribution < -0.4 is 34.7 Å². The lowest BCUT2D eigenvalue weighted by atomic mass is 9.86. The normalized spacial score (nSPS) is 15.8. The van der Waals surface area contributed by atoms with Crippen molar-refractivity contribution >= 4 is 80.9 Å². The quantitative estimate of drug-likeness (QED) is 0.0425. The van der Waals surface area contributed by atoms with Crippen LogP contribution in [-0.4, -0.2) is 111 Å². The molecule has 2 aromatic heterocycles. The van der Waals surface area contributed by atoms with Crippen LogP contribution in [0.25, 0.3) is 49.9 Å². The van der Waals surface area contributed by atoms with E-state index in [0.717, 1.165) is 98.8 Å². The van der Waals surface area contributed by atoms with Crippen molar-refractivity contribution in [2.45, 2.75) is 83.7 Å². The highest BCUT2D eigenvalue weighted by atomic mass is 28.3. The average molecular weight is 1180 g/mol. The Balaban J connectivity index is 0.721. The Morgan fingerprint density at radius 1 is 0.770 bits per heavy atom. The standard InChI is InChI=1S/C71H75F2N10O3Si/c1-77(2)49-23-27-54-61(40-49)79(5)62-41-50(78(3)4)24-28-55(62)67(54)71(72,73)32-13-8-14-38-83-69-53-18-10-9-17-47(53)44-82(60-20-12-11-19-56(60)68(69)75-76-83)65(85)31-33-74-70(86)46-21-22-48(45-84)59(39-46)66-57-29-25-51(80-34-15-35-80)42-63(57)87(6,7)64-43-52(26-30-58(64)66)81-36-16-37-81/h9-12,17-30,39-43,84H,8,13-16,31-38,44-45H2,1-7H3/q+1/p+1. The Morgan fingerprint density at radius 2 is 1.48 bits per heavy atom. The lowest BCUT2D eigenvalue weighted by Gasteiger charge is -2.40. The fourth-order valence-electron chi connectivity index (χ4n) is 13.6. The van der Waals surface area contributed by atoms with Crippen LogP contribution in [0.2, 0.25) is 13.1 Å². The number of aliphatic hydroxyl groups excluding tert-OH is 1. The summed E-state index contributed by atoms with van der Waals surface area (Å²) in [5.74, 6) is -3.58. The zero-order chi connectivity index (χ0) is 60.5. The Hall–Kier alpha value is -8.60. The van der Waals surface area contributed by atoms with Crippen LogP contribution in [0.15, 0.2) is 150 Å². The topological polar surface area (TPSA) is 117 Å². The Morgan fingerprint density at radius 3 is 2.16 bits per heavy atom. The SMILES string of the molecule is CN(C)c1ccc2c(C(F)(F)CCCCCn3nnc4c3-c3ccccc3CN(C(=O)CCNC(=O)c3ccc(CO)c(C5=C6C=CC(=[N+]7CCC7)C=C6[Si](C)(C)c6cc(N7CCC7)ccc65)c3)c3ccccc3-4)c3ccc(N(C)C)cc3[n+](C)c2c1. The van der Waals surface area contributed by atoms with Crippen LogP contribution in [0.5, 0.6) is 0 Å². The molecule has 0 atom stereocenters. The molecule has 13 rings (SSSR count). The van der Waals surface area contributed by atoms with Gasteiger partial charge in [0.25, 0.3) is 11.8 Å². The van der Waals surface area contributed by atoms with E-state index in [1.54, 1.807) is 11.0 Å². The third kappa shape index (κ3) is 10.3. The summed E-state index contributed by atoms with van der Waals surface area (Å²) >= 11 is 0. The maximum Gasteiger partial charge on any atom is 0.274 e. The largest absolute Gasteiger partial charge is 0.392 e. The van der Waals surface area contributed by atoms with E-state index in [2.05, 4.69) is 64.3 Å². The van der Waals surface area contributed by atoms with Crippen LogP contribution in [0, 0.1) is 0 Å². The van der Waals surface area contributed by atoms with Gasteiger partial charge in [-0.25, -0.2) is 18.0 Å². The first-order valence-electron chi connectivity index (χ1n) is 30.7. The number of rotatable bonds is 16. The molecule has 8 aromatic rings. The summed E-state index contributed by atoms with van der Waals surface area (Å²) in [5.41, 5.74) is 15.9. The number of alkyl halides is 2. The second-order valence-electron chi connectivity index (χ2n) is 25.0. The Kier molecular flexibility index (Phi) is 15.1. The van der Waals surface area contributed by atoms with Crippen LogP contribution in [0.1, 0.15) is 83.1 Å². The van der Waals surface area contributed by atoms with Crippen LogP contribution in [-0.2, 0) is 37.5 Å². The second kappa shape index (κ2) is 22.9. The molecule has 87 heavy (non-hydrogen) atoms. The molecular weight excluding hydrogens is 1110 g/mol. The van der Waals surface area contributed by atoms with Gasteiger partial charge in [-0.2, -0.15) is 4.57 Å². The summed E-state index contributed by atoms with van der Waals surface area (Å²) in [7, 11) is 7.54. The Bertz CT molecular complexity index is 4170. The predicted molar refractivity (Wildman–Crippen MR) is 348 cm³/mol. The minimum Gasteiger partial charge on any atom is -0.392 e. The molecule has 6 aromatic carbocycles. The van der Waals surface area contributed by atoms with Crippen molar-refractivity contribution in [3.63, 3.8) is 0 Å². The highest BCUT2D eigenvalue weighted by Crippen LogP contribution is 2.46. The lowest BCUT2D eigenvalue weighted by Crippen LogP contribution is -2.50. The van der Waals surface area contributed by atoms with Crippen molar-refractivity contribution in [1.82, 2.24) is 20.3 Å². The summed E-state index contributed by atoms with van der Waals surface area (Å²) in [4.78, 5) is 37.2. The average Bonchev–Trinajstić information content (AvgIpc) is 1.13. The smallest absolute Gasteiger partial charge is 0.274 e. The predicted octanol–water partition coefficient (Wildman–Crippen LogP) is 11.2. The number of aryl methyl sites for hydroxylation is 2. The molecule has 2 fully saturated rings. The second-order valence-corrected chi connectivity index (χ2v) is 29.3. The Labute approximate surface area is 508 Å². The van der Waals surface area contributed by atoms with Crippen LogP contribution >= 0.6 is 0 Å². The molecule has 16 heteroatoms. The van der Waals surface area contributed by atoms with Gasteiger partial charge in [0.15, 0.2) is 5.71 Å². The van der Waals surface area contributed by atoms with E-state index < -0.39 is 14.0 Å². The molecule has 2 N–H and O–H groups in total. The number of amides is 2. The summed E-state index contributed by atoms with van der Waals surface area (Å²) in [6.45, 7) is 9.73. The number of allylic oxidation sites excluding steroid dienone is 5. The molecular formula is C71H76F2N10O3Si+2. The highest BCUT2D eigenvalue weighted by Gasteiger charge is 2.43. The fraction of sp³-hybridized carbons (Fsp3) is 0.324. The molecule has 1 aliphatic carbocycles. The van der Waals surface area contributed by atoms with Gasteiger partial charge in [0, 0.05) is 131 Å². The van der Waals surface area contributed by atoms with E-state index in [1.807, 2.05) is 151 Å². The van der Waals surface area contributed by atoms with Gasteiger partial charge in [0.1, 0.15) is 33.9 Å². The molecule has 2 saturated heterocycles. The molecule has 0 spiro atoms. The number of para-hydroxylation sites is 1. The number of carbonyl (C=O) groups is 2. The van der Waals surface area contributed by atoms with Crippen molar-refractivity contribution < 1.29 is 32.6 Å². The minimum atomic E-state index is -3.10. The van der Waals surface area contributed by atoms with Gasteiger partial charge in [-0.3, -0.25) is 9.59 Å². The first kappa shape index (κ1) is 57.5. The number of pyridine rings is 1. The van der Waals surface area contributed by atoms with Gasteiger partial charge in [0.05, 0.1) is 41.7 Å². The molecule has 0 radical (unpaired) electrons. The van der Waals surface area contributed by atoms with E-state index in [9.17, 15) is 14.7 Å². The number of halogens is 2. The molecule has 0 bridgehead atoms. The lowest BCUT2D eigenvalue weighted by molar-refractivity contribution is -0.617. The first-order valence-corrected chi connectivity index (χ1v) is 33.7. The summed E-state index contributed by atoms with van der Waals surface area (Å²) < 4.78 is 40.3. The number of anilines is 4. The maximum atomic E-state index is 17.0. The van der Waals surface area contributed by atoms with Crippen molar-refractivity contribution in [3.8, 4) is 22.5 Å². The van der Waals surface area contributed by atoms with E-state index >= 15 is 8.78 Å². The number of fused-ring (bicyclic) bond motifs is 9. The fourth-order valence-corrected chi connectivity index (χ4v) is 16.7. The molecule has 444 valence electrons. The monoisotopic (exact) mass is 1180 g/mol. The number of nitrogens with zero attached hydrogens (tertiary/aromatic N) is 9. The molecule has 5 aliphatic rings. The van der Waals surface area contributed by atoms with Gasteiger partial charge < -0.3 is 30.0 Å². The van der Waals surface area contributed by atoms with Crippen LogP contribution in [0.3, 0.4) is 0 Å². The van der Waals surface area contributed by atoms with E-state index in [-0.39, 0.29) is 49.9 Å². The summed E-state index contributed by atoms with van der Waals surface area (Å²) in [6.07, 6.45) is 10.5. The number of unbranched alkanes of at least 4 members (excludes halogenated alkanes) is 2. The van der Waals surface area contributed by atoms with E-state index in [0.29, 0.717) is 53.5 Å². The van der Waals surface area contributed by atoms with Gasteiger partial charge in [0.2, 0.25) is 16.9 Å². The molecule has 0 saturated carbocycles. The van der Waals surface area contributed by atoms with E-state index in [4.69, 9.17) is 10.3 Å². The minimum absolute atomic E-state index is 0.0308. The molecule has 0 unspecified atom stereocenters. The number of aromatic nitrogens is 4. The third-order valence-electron chi connectivity index (χ3n) is 18.8. The number of aliphatic hydroxyl groups is 1. The summed E-state index contributed by atoms with van der Waals surface area (Å²) in [5, 5.41) is 27.3. The maximum absolute atomic E-state index is 17.0. The highest BCUT2D eigenvalue weighted by molar-refractivity contribution is 6.98. The van der Waals surface area contributed by atoms with Gasteiger partial charge in [-0.05, 0) is 124 Å². The van der Waals surface area contributed by atoms with E-state index in [1.165, 1.54) is 34.6 Å².